The molecule has 146 valence electrons. The molecule has 0 saturated carbocycles. The molecule has 0 bridgehead atoms. The van der Waals surface area contributed by atoms with E-state index in [4.69, 9.17) is 4.74 Å². The average Bonchev–Trinajstić information content (AvgIpc) is 2.59. The minimum atomic E-state index is -0.721. The maximum absolute atomic E-state index is 12.6. The molecule has 0 aliphatic heterocycles. The van der Waals surface area contributed by atoms with Crippen molar-refractivity contribution in [3.05, 3.63) is 40.3 Å². The third-order valence-corrected chi connectivity index (χ3v) is 4.24. The van der Waals surface area contributed by atoms with Crippen molar-refractivity contribution in [1.82, 2.24) is 14.7 Å². The minimum Gasteiger partial charge on any atom is -0.451 e. The second kappa shape index (κ2) is 8.33. The summed E-state index contributed by atoms with van der Waals surface area (Å²) in [5.74, 6) is -0.990. The molecular formula is C20H27N3O4. The van der Waals surface area contributed by atoms with E-state index in [0.29, 0.717) is 10.8 Å². The van der Waals surface area contributed by atoms with Crippen LogP contribution in [0.5, 0.6) is 0 Å². The molecule has 0 fully saturated rings. The summed E-state index contributed by atoms with van der Waals surface area (Å²) in [4.78, 5) is 39.3. The molecule has 0 saturated heterocycles. The van der Waals surface area contributed by atoms with Crippen molar-refractivity contribution in [2.45, 2.75) is 59.7 Å². The quantitative estimate of drug-likeness (QED) is 0.727. The SMILES string of the molecule is CC(C)N(C(=O)COC(=O)c1nn(C(C)C)c(=O)c2ccccc12)C(C)C. The number of hydrogen-bond donors (Lipinski definition) is 0. The first-order valence-electron chi connectivity index (χ1n) is 9.15. The standard InChI is InChI=1S/C20H27N3O4/c1-12(2)22(13(3)4)17(24)11-27-20(26)18-15-9-7-8-10-16(15)19(25)23(21-18)14(5)6/h7-10,12-14H,11H2,1-6H3. The van der Waals surface area contributed by atoms with E-state index < -0.39 is 5.97 Å². The highest BCUT2D eigenvalue weighted by molar-refractivity contribution is 6.02. The summed E-state index contributed by atoms with van der Waals surface area (Å²) in [6, 6.07) is 6.55. The van der Waals surface area contributed by atoms with Crippen LogP contribution < -0.4 is 5.56 Å². The molecule has 7 heteroatoms. The molecular weight excluding hydrogens is 346 g/mol. The minimum absolute atomic E-state index is 0.00185. The van der Waals surface area contributed by atoms with Gasteiger partial charge < -0.3 is 9.64 Å². The van der Waals surface area contributed by atoms with Gasteiger partial charge in [-0.1, -0.05) is 18.2 Å². The Morgan fingerprint density at radius 2 is 1.59 bits per heavy atom. The molecule has 0 aliphatic carbocycles. The van der Waals surface area contributed by atoms with E-state index in [2.05, 4.69) is 5.10 Å². The van der Waals surface area contributed by atoms with E-state index >= 15 is 0 Å². The van der Waals surface area contributed by atoms with Crippen molar-refractivity contribution >= 4 is 22.6 Å². The molecule has 2 aromatic rings. The molecule has 2 rings (SSSR count). The molecule has 1 aromatic heterocycles. The highest BCUT2D eigenvalue weighted by Gasteiger charge is 2.24. The number of esters is 1. The molecule has 0 spiro atoms. The van der Waals surface area contributed by atoms with Crippen LogP contribution in [-0.2, 0) is 9.53 Å². The second-order valence-electron chi connectivity index (χ2n) is 7.30. The number of ether oxygens (including phenoxy) is 1. The van der Waals surface area contributed by atoms with Gasteiger partial charge in [0.1, 0.15) is 0 Å². The molecule has 27 heavy (non-hydrogen) atoms. The zero-order valence-electron chi connectivity index (χ0n) is 16.7. The van der Waals surface area contributed by atoms with E-state index in [9.17, 15) is 14.4 Å². The van der Waals surface area contributed by atoms with Crippen LogP contribution in [-0.4, -0.2) is 45.2 Å². The zero-order chi connectivity index (χ0) is 20.3. The van der Waals surface area contributed by atoms with Crippen molar-refractivity contribution in [3.8, 4) is 0 Å². The van der Waals surface area contributed by atoms with Crippen molar-refractivity contribution < 1.29 is 14.3 Å². The summed E-state index contributed by atoms with van der Waals surface area (Å²) in [5, 5.41) is 5.01. The fourth-order valence-electron chi connectivity index (χ4n) is 3.15. The first-order chi connectivity index (χ1) is 12.6. The fraction of sp³-hybridized carbons (Fsp3) is 0.500. The van der Waals surface area contributed by atoms with Crippen LogP contribution in [0.1, 0.15) is 58.1 Å². The Balaban J connectivity index is 2.34. The highest BCUT2D eigenvalue weighted by atomic mass is 16.5. The van der Waals surface area contributed by atoms with E-state index in [1.54, 1.807) is 29.2 Å². The first-order valence-corrected chi connectivity index (χ1v) is 9.15. The molecule has 0 atom stereocenters. The number of hydrogen-bond acceptors (Lipinski definition) is 5. The number of amides is 1. The van der Waals surface area contributed by atoms with Crippen LogP contribution in [0.4, 0.5) is 0 Å². The predicted molar refractivity (Wildman–Crippen MR) is 104 cm³/mol. The average molecular weight is 373 g/mol. The van der Waals surface area contributed by atoms with Gasteiger partial charge in [-0.3, -0.25) is 9.59 Å². The van der Waals surface area contributed by atoms with E-state index in [0.717, 1.165) is 0 Å². The molecule has 0 N–H and O–H groups in total. The van der Waals surface area contributed by atoms with Crippen molar-refractivity contribution in [2.75, 3.05) is 6.61 Å². The third-order valence-electron chi connectivity index (χ3n) is 4.24. The van der Waals surface area contributed by atoms with Gasteiger partial charge in [0.05, 0.1) is 11.4 Å². The Morgan fingerprint density at radius 1 is 1.04 bits per heavy atom. The normalized spacial score (nSPS) is 11.4. The van der Waals surface area contributed by atoms with Gasteiger partial charge in [0.2, 0.25) is 0 Å². The third kappa shape index (κ3) is 4.35. The number of rotatable bonds is 6. The van der Waals surface area contributed by atoms with Crippen LogP contribution in [0, 0.1) is 0 Å². The van der Waals surface area contributed by atoms with Crippen LogP contribution in [0.3, 0.4) is 0 Å². The topological polar surface area (TPSA) is 81.5 Å². The summed E-state index contributed by atoms with van der Waals surface area (Å²) < 4.78 is 6.51. The summed E-state index contributed by atoms with van der Waals surface area (Å²) >= 11 is 0. The summed E-state index contributed by atoms with van der Waals surface area (Å²) in [5.41, 5.74) is -0.230. The smallest absolute Gasteiger partial charge is 0.359 e. The number of fused-ring (bicyclic) bond motifs is 1. The van der Waals surface area contributed by atoms with E-state index in [1.807, 2.05) is 41.5 Å². The van der Waals surface area contributed by atoms with Gasteiger partial charge in [-0.15, -0.1) is 0 Å². The van der Waals surface area contributed by atoms with Gasteiger partial charge in [0.15, 0.2) is 12.3 Å². The lowest BCUT2D eigenvalue weighted by Gasteiger charge is -2.30. The number of benzene rings is 1. The summed E-state index contributed by atoms with van der Waals surface area (Å²) in [7, 11) is 0. The number of carbonyl (C=O) groups excluding carboxylic acids is 2. The monoisotopic (exact) mass is 373 g/mol. The molecule has 0 aliphatic rings. The van der Waals surface area contributed by atoms with Gasteiger partial charge >= 0.3 is 5.97 Å². The van der Waals surface area contributed by atoms with Crippen molar-refractivity contribution in [1.29, 1.82) is 0 Å². The largest absolute Gasteiger partial charge is 0.451 e. The Hall–Kier alpha value is -2.70. The van der Waals surface area contributed by atoms with Crippen LogP contribution in [0.2, 0.25) is 0 Å². The lowest BCUT2D eigenvalue weighted by atomic mass is 10.1. The Labute approximate surface area is 158 Å². The van der Waals surface area contributed by atoms with Gasteiger partial charge in [-0.05, 0) is 47.6 Å². The number of carbonyl (C=O) groups is 2. The molecule has 1 heterocycles. The van der Waals surface area contributed by atoms with Crippen LogP contribution >= 0.6 is 0 Å². The van der Waals surface area contributed by atoms with E-state index in [1.165, 1.54) is 4.68 Å². The molecule has 0 unspecified atom stereocenters. The molecule has 7 nitrogen and oxygen atoms in total. The van der Waals surface area contributed by atoms with Crippen molar-refractivity contribution in [2.24, 2.45) is 0 Å². The first kappa shape index (κ1) is 20.6. The number of nitrogens with zero attached hydrogens (tertiary/aromatic N) is 3. The van der Waals surface area contributed by atoms with Crippen LogP contribution in [0.15, 0.2) is 29.1 Å². The highest BCUT2D eigenvalue weighted by Crippen LogP contribution is 2.16. The zero-order valence-corrected chi connectivity index (χ0v) is 16.7. The molecule has 1 aromatic carbocycles. The van der Waals surface area contributed by atoms with Gasteiger partial charge in [0, 0.05) is 17.5 Å². The maximum atomic E-state index is 12.6. The van der Waals surface area contributed by atoms with Gasteiger partial charge in [-0.2, -0.15) is 5.10 Å². The van der Waals surface area contributed by atoms with E-state index in [-0.39, 0.29) is 41.9 Å². The Kier molecular flexibility index (Phi) is 6.36. The summed E-state index contributed by atoms with van der Waals surface area (Å²) in [6.07, 6.45) is 0. The van der Waals surface area contributed by atoms with Gasteiger partial charge in [0.25, 0.3) is 11.5 Å². The van der Waals surface area contributed by atoms with Crippen molar-refractivity contribution in [3.63, 3.8) is 0 Å². The number of aromatic nitrogens is 2. The second-order valence-corrected chi connectivity index (χ2v) is 7.30. The fourth-order valence-corrected chi connectivity index (χ4v) is 3.15. The lowest BCUT2D eigenvalue weighted by molar-refractivity contribution is -0.138. The summed E-state index contributed by atoms with van der Waals surface area (Å²) in [6.45, 7) is 10.9. The molecule has 1 amide bonds. The molecule has 0 radical (unpaired) electrons. The Morgan fingerprint density at radius 3 is 2.11 bits per heavy atom. The predicted octanol–water partition coefficient (Wildman–Crippen LogP) is 2.78. The lowest BCUT2D eigenvalue weighted by Crippen LogP contribution is -2.44. The maximum Gasteiger partial charge on any atom is 0.359 e. The Bertz CT molecular complexity index is 892. The van der Waals surface area contributed by atoms with Crippen LogP contribution in [0.25, 0.3) is 10.8 Å². The van der Waals surface area contributed by atoms with Gasteiger partial charge in [-0.25, -0.2) is 9.48 Å².